The first-order valence-corrected chi connectivity index (χ1v) is 6.22. The highest BCUT2D eigenvalue weighted by molar-refractivity contribution is 5.31. The van der Waals surface area contributed by atoms with Crippen LogP contribution in [0.15, 0.2) is 18.2 Å². The Morgan fingerprint density at radius 3 is 2.59 bits per heavy atom. The molecule has 1 fully saturated rings. The fourth-order valence-corrected chi connectivity index (χ4v) is 2.69. The highest BCUT2D eigenvalue weighted by Gasteiger charge is 2.35. The maximum atomic E-state index is 13.6. The molecular formula is C14H20FNO. The second kappa shape index (κ2) is 4.75. The quantitative estimate of drug-likeness (QED) is 0.828. The highest BCUT2D eigenvalue weighted by Crippen LogP contribution is 2.39. The van der Waals surface area contributed by atoms with Gasteiger partial charge >= 0.3 is 0 Å². The van der Waals surface area contributed by atoms with Crippen molar-refractivity contribution in [3.63, 3.8) is 0 Å². The van der Waals surface area contributed by atoms with E-state index in [0.29, 0.717) is 12.1 Å². The summed E-state index contributed by atoms with van der Waals surface area (Å²) in [6, 6.07) is 5.40. The van der Waals surface area contributed by atoms with Crippen molar-refractivity contribution in [3.8, 4) is 0 Å². The Morgan fingerprint density at radius 1 is 1.41 bits per heavy atom. The van der Waals surface area contributed by atoms with E-state index in [4.69, 9.17) is 5.73 Å². The first kappa shape index (κ1) is 12.5. The molecule has 3 heteroatoms. The van der Waals surface area contributed by atoms with Gasteiger partial charge in [-0.2, -0.15) is 0 Å². The van der Waals surface area contributed by atoms with Crippen LogP contribution >= 0.6 is 0 Å². The van der Waals surface area contributed by atoms with Crippen molar-refractivity contribution >= 4 is 0 Å². The number of hydrogen-bond acceptors (Lipinski definition) is 2. The predicted octanol–water partition coefficient (Wildman–Crippen LogP) is 2.27. The molecule has 1 aliphatic rings. The Bertz CT molecular complexity index is 397. The number of aliphatic hydroxyl groups excluding tert-OH is 1. The molecular weight excluding hydrogens is 217 g/mol. The summed E-state index contributed by atoms with van der Waals surface area (Å²) >= 11 is 0. The monoisotopic (exact) mass is 237 g/mol. The van der Waals surface area contributed by atoms with Gasteiger partial charge in [-0.1, -0.05) is 12.1 Å². The number of aliphatic hydroxyl groups is 1. The van der Waals surface area contributed by atoms with Crippen LogP contribution in [-0.4, -0.2) is 17.8 Å². The van der Waals surface area contributed by atoms with Gasteiger partial charge in [0.2, 0.25) is 0 Å². The smallest absolute Gasteiger partial charge is 0.126 e. The third-order valence-electron chi connectivity index (χ3n) is 4.09. The average Bonchev–Trinajstić information content (AvgIpc) is 2.34. The molecule has 17 heavy (non-hydrogen) atoms. The molecule has 0 heterocycles. The Kier molecular flexibility index (Phi) is 3.50. The van der Waals surface area contributed by atoms with Gasteiger partial charge in [-0.3, -0.25) is 0 Å². The zero-order valence-corrected chi connectivity index (χ0v) is 10.2. The largest absolute Gasteiger partial charge is 0.393 e. The van der Waals surface area contributed by atoms with Crippen LogP contribution in [0, 0.1) is 12.7 Å². The Labute approximate surface area is 102 Å². The third-order valence-corrected chi connectivity index (χ3v) is 4.09. The van der Waals surface area contributed by atoms with Crippen molar-refractivity contribution in [2.45, 2.75) is 44.1 Å². The number of aryl methyl sites for hydroxylation is 1. The lowest BCUT2D eigenvalue weighted by molar-refractivity contribution is 0.0974. The fraction of sp³-hybridized carbons (Fsp3) is 0.571. The molecule has 2 nitrogen and oxygen atoms in total. The van der Waals surface area contributed by atoms with Gasteiger partial charge in [0, 0.05) is 12.0 Å². The van der Waals surface area contributed by atoms with Crippen molar-refractivity contribution in [3.05, 3.63) is 35.1 Å². The molecule has 1 aliphatic carbocycles. The summed E-state index contributed by atoms with van der Waals surface area (Å²) in [5.41, 5.74) is 7.40. The molecule has 1 saturated carbocycles. The van der Waals surface area contributed by atoms with Crippen LogP contribution in [0.1, 0.15) is 36.8 Å². The molecule has 2 rings (SSSR count). The zero-order valence-electron chi connectivity index (χ0n) is 10.2. The molecule has 94 valence electrons. The maximum Gasteiger partial charge on any atom is 0.126 e. The van der Waals surface area contributed by atoms with Crippen molar-refractivity contribution in [1.82, 2.24) is 0 Å². The van der Waals surface area contributed by atoms with Crippen molar-refractivity contribution in [2.24, 2.45) is 5.73 Å². The second-order valence-corrected chi connectivity index (χ2v) is 5.18. The number of halogens is 1. The van der Waals surface area contributed by atoms with Gasteiger partial charge in [0.05, 0.1) is 6.10 Å². The zero-order chi connectivity index (χ0) is 12.5. The minimum Gasteiger partial charge on any atom is -0.393 e. The SMILES string of the molecule is Cc1ccc(C2(CN)CCC(O)CC2)cc1F. The molecule has 0 saturated heterocycles. The number of hydrogen-bond donors (Lipinski definition) is 2. The average molecular weight is 237 g/mol. The van der Waals surface area contributed by atoms with Gasteiger partial charge < -0.3 is 10.8 Å². The molecule has 0 aromatic heterocycles. The van der Waals surface area contributed by atoms with Crippen LogP contribution in [0.2, 0.25) is 0 Å². The molecule has 0 unspecified atom stereocenters. The number of nitrogens with two attached hydrogens (primary N) is 1. The van der Waals surface area contributed by atoms with Crippen molar-refractivity contribution < 1.29 is 9.50 Å². The molecule has 0 atom stereocenters. The minimum atomic E-state index is -0.218. The van der Waals surface area contributed by atoms with Gasteiger partial charge in [-0.15, -0.1) is 0 Å². The normalized spacial score (nSPS) is 29.3. The molecule has 1 aromatic rings. The summed E-state index contributed by atoms with van der Waals surface area (Å²) in [6.45, 7) is 2.28. The van der Waals surface area contributed by atoms with Gasteiger partial charge in [0.15, 0.2) is 0 Å². The van der Waals surface area contributed by atoms with Crippen LogP contribution in [0.4, 0.5) is 4.39 Å². The van der Waals surface area contributed by atoms with E-state index in [1.807, 2.05) is 12.1 Å². The molecule has 1 aromatic carbocycles. The van der Waals surface area contributed by atoms with Gasteiger partial charge in [-0.05, 0) is 49.8 Å². The van der Waals surface area contributed by atoms with Crippen LogP contribution in [-0.2, 0) is 5.41 Å². The highest BCUT2D eigenvalue weighted by atomic mass is 19.1. The van der Waals surface area contributed by atoms with Gasteiger partial charge in [0.1, 0.15) is 5.82 Å². The van der Waals surface area contributed by atoms with Gasteiger partial charge in [-0.25, -0.2) is 4.39 Å². The molecule has 0 radical (unpaired) electrons. The Balaban J connectivity index is 2.31. The minimum absolute atomic E-state index is 0.145. The summed E-state index contributed by atoms with van der Waals surface area (Å²) in [5.74, 6) is -0.165. The van der Waals surface area contributed by atoms with Crippen LogP contribution in [0.3, 0.4) is 0 Å². The van der Waals surface area contributed by atoms with E-state index in [0.717, 1.165) is 31.2 Å². The lowest BCUT2D eigenvalue weighted by Crippen LogP contribution is -2.40. The van der Waals surface area contributed by atoms with Crippen LogP contribution < -0.4 is 5.73 Å². The van der Waals surface area contributed by atoms with Crippen LogP contribution in [0.5, 0.6) is 0 Å². The lowest BCUT2D eigenvalue weighted by atomic mass is 9.68. The molecule has 0 spiro atoms. The first-order chi connectivity index (χ1) is 8.07. The van der Waals surface area contributed by atoms with Gasteiger partial charge in [0.25, 0.3) is 0 Å². The molecule has 0 bridgehead atoms. The maximum absolute atomic E-state index is 13.6. The second-order valence-electron chi connectivity index (χ2n) is 5.18. The van der Waals surface area contributed by atoms with Crippen molar-refractivity contribution in [1.29, 1.82) is 0 Å². The Morgan fingerprint density at radius 2 is 2.06 bits per heavy atom. The summed E-state index contributed by atoms with van der Waals surface area (Å²) in [5, 5.41) is 9.57. The molecule has 0 amide bonds. The summed E-state index contributed by atoms with van der Waals surface area (Å²) < 4.78 is 13.6. The van der Waals surface area contributed by atoms with E-state index in [1.165, 1.54) is 0 Å². The van der Waals surface area contributed by atoms with E-state index < -0.39 is 0 Å². The summed E-state index contributed by atoms with van der Waals surface area (Å²) in [6.07, 6.45) is 2.98. The standard InChI is InChI=1S/C14H20FNO/c1-10-2-3-11(8-13(10)15)14(9-16)6-4-12(17)5-7-14/h2-3,8,12,17H,4-7,9,16H2,1H3. The number of benzene rings is 1. The van der Waals surface area contributed by atoms with E-state index in [2.05, 4.69) is 0 Å². The van der Waals surface area contributed by atoms with E-state index >= 15 is 0 Å². The summed E-state index contributed by atoms with van der Waals surface area (Å²) in [7, 11) is 0. The molecule has 0 aliphatic heterocycles. The first-order valence-electron chi connectivity index (χ1n) is 6.22. The van der Waals surface area contributed by atoms with E-state index in [1.54, 1.807) is 13.0 Å². The van der Waals surface area contributed by atoms with E-state index in [9.17, 15) is 9.50 Å². The lowest BCUT2D eigenvalue weighted by Gasteiger charge is -2.38. The Hall–Kier alpha value is -0.930. The predicted molar refractivity (Wildman–Crippen MR) is 66.3 cm³/mol. The molecule has 3 N–H and O–H groups in total. The van der Waals surface area contributed by atoms with E-state index in [-0.39, 0.29) is 17.3 Å². The number of rotatable bonds is 2. The third kappa shape index (κ3) is 2.35. The summed E-state index contributed by atoms with van der Waals surface area (Å²) in [4.78, 5) is 0. The fourth-order valence-electron chi connectivity index (χ4n) is 2.69. The van der Waals surface area contributed by atoms with Crippen LogP contribution in [0.25, 0.3) is 0 Å². The topological polar surface area (TPSA) is 46.2 Å². The van der Waals surface area contributed by atoms with Crippen molar-refractivity contribution in [2.75, 3.05) is 6.54 Å².